The maximum absolute atomic E-state index is 9.74. The fourth-order valence-corrected chi connectivity index (χ4v) is 4.00. The molecule has 0 amide bonds. The SMILES string of the molecule is Cc1ccc2c(C3=N[C@H](CO)[C@H](OC(CO)CO)O3)cn(Cc3ccc(Cl)c(Cl)c3)c2c1. The molecule has 1 aliphatic rings. The smallest absolute Gasteiger partial charge is 0.227 e. The minimum absolute atomic E-state index is 0.293. The Bertz CT molecular complexity index is 1140. The molecule has 2 atom stereocenters. The number of fused-ring (bicyclic) bond motifs is 1. The van der Waals surface area contributed by atoms with Crippen LogP contribution in [0.25, 0.3) is 10.9 Å². The van der Waals surface area contributed by atoms with Gasteiger partial charge in [0.15, 0.2) is 0 Å². The number of aliphatic imine (C=N–C) groups is 1. The third-order valence-corrected chi connectivity index (χ3v) is 6.09. The van der Waals surface area contributed by atoms with Crippen molar-refractivity contribution in [3.8, 4) is 0 Å². The van der Waals surface area contributed by atoms with E-state index < -0.39 is 18.4 Å². The number of nitrogens with zero attached hydrogens (tertiary/aromatic N) is 2. The number of aliphatic hydroxyl groups is 3. The molecule has 2 heterocycles. The topological polar surface area (TPSA) is 96.4 Å². The molecule has 0 radical (unpaired) electrons. The van der Waals surface area contributed by atoms with Crippen LogP contribution in [0.4, 0.5) is 0 Å². The number of ether oxygens (including phenoxy) is 2. The van der Waals surface area contributed by atoms with Crippen molar-refractivity contribution in [1.82, 2.24) is 4.57 Å². The summed E-state index contributed by atoms with van der Waals surface area (Å²) in [5.41, 5.74) is 3.84. The van der Waals surface area contributed by atoms with E-state index in [4.69, 9.17) is 32.7 Å². The Balaban J connectivity index is 1.69. The van der Waals surface area contributed by atoms with Crippen LogP contribution in [0.1, 0.15) is 16.7 Å². The summed E-state index contributed by atoms with van der Waals surface area (Å²) in [6.45, 7) is 1.55. The van der Waals surface area contributed by atoms with Crippen molar-refractivity contribution in [1.29, 1.82) is 0 Å². The summed E-state index contributed by atoms with van der Waals surface area (Å²) >= 11 is 12.2. The third kappa shape index (κ3) is 4.64. The average molecular weight is 479 g/mol. The molecule has 1 aromatic heterocycles. The highest BCUT2D eigenvalue weighted by atomic mass is 35.5. The van der Waals surface area contributed by atoms with E-state index in [9.17, 15) is 15.3 Å². The third-order valence-electron chi connectivity index (χ3n) is 5.35. The van der Waals surface area contributed by atoms with Crippen molar-refractivity contribution in [3.63, 3.8) is 0 Å². The van der Waals surface area contributed by atoms with E-state index in [1.54, 1.807) is 6.07 Å². The fourth-order valence-electron chi connectivity index (χ4n) is 3.68. The van der Waals surface area contributed by atoms with Gasteiger partial charge in [-0.2, -0.15) is 0 Å². The summed E-state index contributed by atoms with van der Waals surface area (Å²) < 4.78 is 13.6. The molecule has 0 aliphatic carbocycles. The number of aromatic nitrogens is 1. The number of halogens is 2. The van der Waals surface area contributed by atoms with Gasteiger partial charge in [-0.1, -0.05) is 41.4 Å². The zero-order valence-corrected chi connectivity index (χ0v) is 18.9. The number of aryl methyl sites for hydroxylation is 1. The standard InChI is InChI=1S/C23H24Cl2N2O5/c1-13-2-4-16-17(22-26-20(12-30)23(32-22)31-15(10-28)11-29)9-27(21(16)6-13)8-14-3-5-18(24)19(25)7-14/h2-7,9,15,20,23,28-30H,8,10-12H2,1H3/t20-,23-/m1/s1. The molecule has 0 saturated carbocycles. The quantitative estimate of drug-likeness (QED) is 0.462. The predicted octanol–water partition coefficient (Wildman–Crippen LogP) is 3.14. The molecule has 170 valence electrons. The Kier molecular flexibility index (Phi) is 7.05. The van der Waals surface area contributed by atoms with Crippen molar-refractivity contribution in [3.05, 3.63) is 69.3 Å². The second kappa shape index (κ2) is 9.79. The normalized spacial score (nSPS) is 18.4. The Labute approximate surface area is 195 Å². The lowest BCUT2D eigenvalue weighted by Crippen LogP contribution is -2.36. The molecule has 0 unspecified atom stereocenters. The fraction of sp³-hybridized carbons (Fsp3) is 0.348. The van der Waals surface area contributed by atoms with Crippen LogP contribution in [0.2, 0.25) is 10.0 Å². The first-order valence-corrected chi connectivity index (χ1v) is 11.0. The van der Waals surface area contributed by atoms with Crippen LogP contribution in [0, 0.1) is 6.92 Å². The van der Waals surface area contributed by atoms with Gasteiger partial charge in [-0.25, -0.2) is 4.99 Å². The Hall–Kier alpha value is -2.13. The first kappa shape index (κ1) is 23.0. The molecule has 0 bridgehead atoms. The van der Waals surface area contributed by atoms with Gasteiger partial charge in [0.2, 0.25) is 12.2 Å². The van der Waals surface area contributed by atoms with Crippen LogP contribution in [-0.4, -0.2) is 64.0 Å². The van der Waals surface area contributed by atoms with Gasteiger partial charge in [0.05, 0.1) is 35.4 Å². The molecule has 1 aliphatic heterocycles. The second-order valence-corrected chi connectivity index (χ2v) is 8.55. The van der Waals surface area contributed by atoms with Crippen molar-refractivity contribution in [2.75, 3.05) is 19.8 Å². The minimum atomic E-state index is -0.904. The van der Waals surface area contributed by atoms with Crippen LogP contribution in [-0.2, 0) is 16.0 Å². The zero-order chi connectivity index (χ0) is 22.8. The van der Waals surface area contributed by atoms with Crippen LogP contribution in [0.5, 0.6) is 0 Å². The highest BCUT2D eigenvalue weighted by Crippen LogP contribution is 2.30. The maximum atomic E-state index is 9.74. The number of aliphatic hydroxyl groups excluding tert-OH is 3. The van der Waals surface area contributed by atoms with Gasteiger partial charge >= 0.3 is 0 Å². The summed E-state index contributed by atoms with van der Waals surface area (Å²) in [4.78, 5) is 4.50. The van der Waals surface area contributed by atoms with E-state index in [1.165, 1.54) is 0 Å². The molecular weight excluding hydrogens is 455 g/mol. The van der Waals surface area contributed by atoms with Gasteiger partial charge < -0.3 is 29.4 Å². The second-order valence-electron chi connectivity index (χ2n) is 7.73. The zero-order valence-electron chi connectivity index (χ0n) is 17.4. The lowest BCUT2D eigenvalue weighted by atomic mass is 10.1. The maximum Gasteiger partial charge on any atom is 0.227 e. The van der Waals surface area contributed by atoms with E-state index in [-0.39, 0.29) is 19.8 Å². The lowest BCUT2D eigenvalue weighted by molar-refractivity contribution is -0.152. The van der Waals surface area contributed by atoms with Crippen LogP contribution in [0.3, 0.4) is 0 Å². The van der Waals surface area contributed by atoms with Gasteiger partial charge in [-0.05, 0) is 36.2 Å². The number of hydrogen-bond acceptors (Lipinski definition) is 6. The lowest BCUT2D eigenvalue weighted by Gasteiger charge is -2.21. The molecule has 3 N–H and O–H groups in total. The van der Waals surface area contributed by atoms with Gasteiger partial charge in [0.25, 0.3) is 0 Å². The molecular formula is C23H24Cl2N2O5. The van der Waals surface area contributed by atoms with Gasteiger partial charge in [0.1, 0.15) is 12.1 Å². The van der Waals surface area contributed by atoms with Crippen molar-refractivity contribution < 1.29 is 24.8 Å². The van der Waals surface area contributed by atoms with Gasteiger partial charge in [-0.15, -0.1) is 0 Å². The molecule has 32 heavy (non-hydrogen) atoms. The Morgan fingerprint density at radius 2 is 1.88 bits per heavy atom. The molecule has 0 saturated heterocycles. The molecule has 2 aromatic carbocycles. The summed E-state index contributed by atoms with van der Waals surface area (Å²) in [5.74, 6) is 0.338. The molecule has 0 spiro atoms. The largest absolute Gasteiger partial charge is 0.445 e. The van der Waals surface area contributed by atoms with Crippen molar-refractivity contribution >= 4 is 40.0 Å². The van der Waals surface area contributed by atoms with Gasteiger partial charge in [0, 0.05) is 23.6 Å². The van der Waals surface area contributed by atoms with Crippen molar-refractivity contribution in [2.45, 2.75) is 31.9 Å². The van der Waals surface area contributed by atoms with Crippen LogP contribution in [0.15, 0.2) is 47.6 Å². The number of hydrogen-bond donors (Lipinski definition) is 3. The highest BCUT2D eigenvalue weighted by Gasteiger charge is 2.35. The van der Waals surface area contributed by atoms with E-state index in [1.807, 2.05) is 37.4 Å². The number of benzene rings is 2. The average Bonchev–Trinajstić information content (AvgIpc) is 3.35. The summed E-state index contributed by atoms with van der Waals surface area (Å²) in [5, 5.41) is 30.3. The van der Waals surface area contributed by atoms with E-state index >= 15 is 0 Å². The summed E-state index contributed by atoms with van der Waals surface area (Å²) in [6.07, 6.45) is 0.221. The van der Waals surface area contributed by atoms with Crippen LogP contribution < -0.4 is 0 Å². The number of rotatable bonds is 8. The van der Waals surface area contributed by atoms with Gasteiger partial charge in [-0.3, -0.25) is 0 Å². The Morgan fingerprint density at radius 1 is 1.09 bits per heavy atom. The van der Waals surface area contributed by atoms with Crippen LogP contribution >= 0.6 is 23.2 Å². The van der Waals surface area contributed by atoms with E-state index in [2.05, 4.69) is 15.6 Å². The summed E-state index contributed by atoms with van der Waals surface area (Å²) in [6, 6.07) is 11.0. The molecule has 9 heteroatoms. The molecule has 3 aromatic rings. The van der Waals surface area contributed by atoms with Crippen molar-refractivity contribution in [2.24, 2.45) is 4.99 Å². The predicted molar refractivity (Wildman–Crippen MR) is 124 cm³/mol. The first-order chi connectivity index (χ1) is 15.4. The van der Waals surface area contributed by atoms with E-state index in [0.29, 0.717) is 22.5 Å². The molecule has 0 fully saturated rings. The first-order valence-electron chi connectivity index (χ1n) is 10.2. The monoisotopic (exact) mass is 478 g/mol. The molecule has 4 rings (SSSR count). The van der Waals surface area contributed by atoms with E-state index in [0.717, 1.165) is 27.6 Å². The Morgan fingerprint density at radius 3 is 2.56 bits per heavy atom. The summed E-state index contributed by atoms with van der Waals surface area (Å²) in [7, 11) is 0. The molecule has 7 nitrogen and oxygen atoms in total. The highest BCUT2D eigenvalue weighted by molar-refractivity contribution is 6.42. The minimum Gasteiger partial charge on any atom is -0.445 e.